The smallest absolute Gasteiger partial charge is 0.271 e. The first-order valence-corrected chi connectivity index (χ1v) is 8.00. The summed E-state index contributed by atoms with van der Waals surface area (Å²) >= 11 is 12.2. The third-order valence-electron chi connectivity index (χ3n) is 5.44. The number of benzene rings is 1. The molecule has 4 rings (SSSR count). The number of nitrogens with zero attached hydrogens (tertiary/aromatic N) is 1. The molecule has 3 atom stereocenters. The Labute approximate surface area is 133 Å². The van der Waals surface area contributed by atoms with Crippen molar-refractivity contribution >= 4 is 40.6 Å². The van der Waals surface area contributed by atoms with Crippen molar-refractivity contribution in [2.45, 2.75) is 42.0 Å². The lowest BCUT2D eigenvalue weighted by molar-refractivity contribution is -0.136. The number of amides is 1. The van der Waals surface area contributed by atoms with Gasteiger partial charge in [0.15, 0.2) is 5.78 Å². The Balaban J connectivity index is 1.99. The zero-order chi connectivity index (χ0) is 15.0. The monoisotopic (exact) mass is 323 g/mol. The van der Waals surface area contributed by atoms with Gasteiger partial charge in [0, 0.05) is 17.0 Å². The zero-order valence-corrected chi connectivity index (χ0v) is 13.1. The van der Waals surface area contributed by atoms with Crippen molar-refractivity contribution in [3.63, 3.8) is 0 Å². The van der Waals surface area contributed by atoms with Gasteiger partial charge in [-0.2, -0.15) is 0 Å². The molecule has 1 aliphatic carbocycles. The van der Waals surface area contributed by atoms with Crippen molar-refractivity contribution < 1.29 is 9.59 Å². The predicted molar refractivity (Wildman–Crippen MR) is 81.9 cm³/mol. The first-order chi connectivity index (χ1) is 9.89. The van der Waals surface area contributed by atoms with Gasteiger partial charge in [-0.1, -0.05) is 54.7 Å². The van der Waals surface area contributed by atoms with E-state index in [2.05, 4.69) is 13.0 Å². The van der Waals surface area contributed by atoms with E-state index in [1.807, 2.05) is 18.2 Å². The first-order valence-electron chi connectivity index (χ1n) is 7.24. The fourth-order valence-electron chi connectivity index (χ4n) is 4.51. The lowest BCUT2D eigenvalue weighted by atomic mass is 9.63. The number of ketones is 1. The SMILES string of the molecule is C[C@]12CCC[C@H]3C(=O)C(Cl)(Cl)C(=O)N(c4ccccc41)[C@@H]32. The average Bonchev–Trinajstić information content (AvgIpc) is 2.73. The van der Waals surface area contributed by atoms with Crippen molar-refractivity contribution in [3.8, 4) is 0 Å². The number of alkyl halides is 2. The molecule has 0 radical (unpaired) electrons. The third-order valence-corrected chi connectivity index (χ3v) is 6.13. The Kier molecular flexibility index (Phi) is 2.60. The van der Waals surface area contributed by atoms with Crippen LogP contribution in [0.15, 0.2) is 24.3 Å². The molecule has 1 aromatic carbocycles. The Morgan fingerprint density at radius 1 is 1.24 bits per heavy atom. The Morgan fingerprint density at radius 3 is 2.71 bits per heavy atom. The fourth-order valence-corrected chi connectivity index (χ4v) is 4.98. The molecule has 3 aliphatic rings. The molecule has 5 heteroatoms. The minimum absolute atomic E-state index is 0.144. The van der Waals surface area contributed by atoms with E-state index in [0.717, 1.165) is 30.5 Å². The summed E-state index contributed by atoms with van der Waals surface area (Å²) in [5, 5.41) is 0. The zero-order valence-electron chi connectivity index (χ0n) is 11.6. The lowest BCUT2D eigenvalue weighted by Gasteiger charge is -2.49. The topological polar surface area (TPSA) is 37.4 Å². The summed E-state index contributed by atoms with van der Waals surface area (Å²) in [5.41, 5.74) is 1.81. The normalized spacial score (nSPS) is 36.4. The number of carbonyl (C=O) groups is 2. The van der Waals surface area contributed by atoms with Crippen LogP contribution in [0.2, 0.25) is 0 Å². The van der Waals surface area contributed by atoms with Crippen LogP contribution in [-0.2, 0) is 15.0 Å². The predicted octanol–water partition coefficient (Wildman–Crippen LogP) is 3.22. The van der Waals surface area contributed by atoms with Gasteiger partial charge in [0.25, 0.3) is 10.2 Å². The summed E-state index contributed by atoms with van der Waals surface area (Å²) in [6, 6.07) is 7.72. The largest absolute Gasteiger partial charge is 0.304 e. The summed E-state index contributed by atoms with van der Waals surface area (Å²) in [5.74, 6) is -1.09. The van der Waals surface area contributed by atoms with Crippen LogP contribution in [0.3, 0.4) is 0 Å². The van der Waals surface area contributed by atoms with Crippen LogP contribution in [0.4, 0.5) is 5.69 Å². The van der Waals surface area contributed by atoms with Crippen LogP contribution < -0.4 is 4.90 Å². The highest BCUT2D eigenvalue weighted by atomic mass is 35.5. The molecule has 3 nitrogen and oxygen atoms in total. The van der Waals surface area contributed by atoms with Gasteiger partial charge in [-0.15, -0.1) is 0 Å². The molecule has 0 N–H and O–H groups in total. The molecule has 21 heavy (non-hydrogen) atoms. The molecule has 0 aromatic heterocycles. The number of anilines is 1. The van der Waals surface area contributed by atoms with Crippen molar-refractivity contribution in [1.29, 1.82) is 0 Å². The van der Waals surface area contributed by atoms with E-state index < -0.39 is 10.2 Å². The molecule has 1 amide bonds. The summed E-state index contributed by atoms with van der Waals surface area (Å²) in [7, 11) is 0. The van der Waals surface area contributed by atoms with Crippen LogP contribution >= 0.6 is 23.2 Å². The van der Waals surface area contributed by atoms with E-state index >= 15 is 0 Å². The minimum atomic E-state index is -1.95. The Bertz CT molecular complexity index is 672. The van der Waals surface area contributed by atoms with Crippen LogP contribution in [-0.4, -0.2) is 22.1 Å². The maximum absolute atomic E-state index is 12.7. The van der Waals surface area contributed by atoms with Gasteiger partial charge in [0.05, 0.1) is 6.04 Å². The van der Waals surface area contributed by atoms with E-state index in [1.54, 1.807) is 4.90 Å². The molecule has 0 spiro atoms. The second kappa shape index (κ2) is 4.02. The summed E-state index contributed by atoms with van der Waals surface area (Å²) in [4.78, 5) is 27.0. The highest BCUT2D eigenvalue weighted by Crippen LogP contribution is 2.57. The van der Waals surface area contributed by atoms with Crippen molar-refractivity contribution in [1.82, 2.24) is 0 Å². The Hall–Kier alpha value is -1.06. The average molecular weight is 324 g/mol. The number of halogens is 2. The van der Waals surface area contributed by atoms with Crippen LogP contribution in [0, 0.1) is 5.92 Å². The minimum Gasteiger partial charge on any atom is -0.304 e. The molecule has 1 saturated carbocycles. The van der Waals surface area contributed by atoms with E-state index in [9.17, 15) is 9.59 Å². The van der Waals surface area contributed by atoms with Crippen molar-refractivity contribution in [2.24, 2.45) is 5.92 Å². The third kappa shape index (κ3) is 1.46. The highest BCUT2D eigenvalue weighted by Gasteiger charge is 2.65. The highest BCUT2D eigenvalue weighted by molar-refractivity contribution is 6.69. The molecule has 1 saturated heterocycles. The van der Waals surface area contributed by atoms with Gasteiger partial charge in [0.2, 0.25) is 0 Å². The van der Waals surface area contributed by atoms with Gasteiger partial charge in [0.1, 0.15) is 0 Å². The molecular formula is C16H15Cl2NO2. The second-order valence-electron chi connectivity index (χ2n) is 6.49. The summed E-state index contributed by atoms with van der Waals surface area (Å²) in [6.45, 7) is 2.15. The van der Waals surface area contributed by atoms with E-state index in [-0.39, 0.29) is 23.2 Å². The number of hydrogen-bond donors (Lipinski definition) is 0. The number of para-hydroxylation sites is 1. The Morgan fingerprint density at radius 2 is 1.95 bits per heavy atom. The molecule has 110 valence electrons. The summed E-state index contributed by atoms with van der Waals surface area (Å²) < 4.78 is -1.95. The van der Waals surface area contributed by atoms with E-state index in [1.165, 1.54) is 0 Å². The summed E-state index contributed by atoms with van der Waals surface area (Å²) in [6.07, 6.45) is 2.67. The van der Waals surface area contributed by atoms with Crippen molar-refractivity contribution in [3.05, 3.63) is 29.8 Å². The number of hydrogen-bond acceptors (Lipinski definition) is 2. The van der Waals surface area contributed by atoms with Gasteiger partial charge < -0.3 is 4.90 Å². The van der Waals surface area contributed by atoms with Gasteiger partial charge in [-0.3, -0.25) is 9.59 Å². The van der Waals surface area contributed by atoms with Gasteiger partial charge in [-0.05, 0) is 24.5 Å². The fraction of sp³-hybridized carbons (Fsp3) is 0.500. The number of fused-ring (bicyclic) bond motifs is 3. The maximum atomic E-state index is 12.7. The van der Waals surface area contributed by atoms with E-state index in [4.69, 9.17) is 23.2 Å². The van der Waals surface area contributed by atoms with Crippen LogP contribution in [0.25, 0.3) is 0 Å². The first kappa shape index (κ1) is 13.6. The second-order valence-corrected chi connectivity index (χ2v) is 7.82. The van der Waals surface area contributed by atoms with Crippen molar-refractivity contribution in [2.75, 3.05) is 4.90 Å². The standard InChI is InChI=1S/C16H15Cl2NO2/c1-15-8-4-5-9-12(15)19(11-7-3-2-6-10(11)15)14(21)16(17,18)13(9)20/h2-3,6-7,9,12H,4-5,8H2,1H3/t9-,12+,15+/m1/s1. The van der Waals surface area contributed by atoms with Gasteiger partial charge >= 0.3 is 0 Å². The van der Waals surface area contributed by atoms with Crippen LogP contribution in [0.1, 0.15) is 31.7 Å². The lowest BCUT2D eigenvalue weighted by Crippen LogP contribution is -2.66. The number of carbonyl (C=O) groups excluding carboxylic acids is 2. The quantitative estimate of drug-likeness (QED) is 0.543. The maximum Gasteiger partial charge on any atom is 0.271 e. The van der Waals surface area contributed by atoms with Crippen LogP contribution in [0.5, 0.6) is 0 Å². The molecule has 0 unspecified atom stereocenters. The molecule has 1 aromatic rings. The van der Waals surface area contributed by atoms with E-state index in [0.29, 0.717) is 0 Å². The van der Waals surface area contributed by atoms with Gasteiger partial charge in [-0.25, -0.2) is 0 Å². The number of Topliss-reactive ketones (excluding diaryl/α,β-unsaturated/α-hetero) is 1. The molecule has 0 bridgehead atoms. The molecule has 2 heterocycles. The molecule has 2 aliphatic heterocycles. The molecular weight excluding hydrogens is 309 g/mol. The number of piperidine rings is 1. The molecule has 2 fully saturated rings. The number of rotatable bonds is 0.